The number of nitrogens with zero attached hydrogens (tertiary/aromatic N) is 1. The molecule has 4 unspecified atom stereocenters. The van der Waals surface area contributed by atoms with Crippen LogP contribution in [0.15, 0.2) is 18.2 Å². The lowest BCUT2D eigenvalue weighted by atomic mass is 9.71. The van der Waals surface area contributed by atoms with E-state index in [0.717, 1.165) is 24.0 Å². The highest BCUT2D eigenvalue weighted by molar-refractivity contribution is 5.73. The standard InChI is InChI=1S/C29H41NO7/c1-16(27(32)34-5)25(17-6-7-17)18-8-9-21-22(31)11-24(36-23(21)10-18)26-19-12-30(13-20(26)15-35-14-19)28(33)37-29(2,3)4/h8-10,16-17,19-20,22,24-26,31H,6-7,11-15H2,1-5H3/t16-,19?,20?,22?,24?,25-,26?/m0/s1. The Kier molecular flexibility index (Phi) is 7.18. The Hall–Kier alpha value is -2.32. The van der Waals surface area contributed by atoms with Gasteiger partial charge in [-0.05, 0) is 57.1 Å². The number of aliphatic hydroxyl groups is 1. The zero-order chi connectivity index (χ0) is 26.5. The number of piperidine rings is 1. The van der Waals surface area contributed by atoms with Gasteiger partial charge in [0.2, 0.25) is 0 Å². The second-order valence-corrected chi connectivity index (χ2v) is 12.4. The number of methoxy groups -OCH3 is 1. The smallest absolute Gasteiger partial charge is 0.410 e. The summed E-state index contributed by atoms with van der Waals surface area (Å²) in [5, 5.41) is 11.1. The molecule has 3 fully saturated rings. The molecule has 2 bridgehead atoms. The lowest BCUT2D eigenvalue weighted by Gasteiger charge is -2.50. The molecule has 8 nitrogen and oxygen atoms in total. The van der Waals surface area contributed by atoms with Gasteiger partial charge in [-0.3, -0.25) is 4.79 Å². The van der Waals surface area contributed by atoms with Crippen LogP contribution in [-0.4, -0.2) is 67.2 Å². The summed E-state index contributed by atoms with van der Waals surface area (Å²) in [6, 6.07) is 6.03. The van der Waals surface area contributed by atoms with E-state index in [0.29, 0.717) is 44.4 Å². The van der Waals surface area contributed by atoms with E-state index < -0.39 is 11.7 Å². The molecule has 5 rings (SSSR count). The van der Waals surface area contributed by atoms with Gasteiger partial charge < -0.3 is 29.0 Å². The number of rotatable bonds is 5. The Morgan fingerprint density at radius 3 is 2.41 bits per heavy atom. The Morgan fingerprint density at radius 1 is 1.14 bits per heavy atom. The maximum atomic E-state index is 12.8. The van der Waals surface area contributed by atoms with Crippen LogP contribution in [-0.2, 0) is 19.0 Å². The maximum absolute atomic E-state index is 12.8. The van der Waals surface area contributed by atoms with Crippen molar-refractivity contribution in [1.82, 2.24) is 4.90 Å². The Morgan fingerprint density at radius 2 is 1.81 bits per heavy atom. The Labute approximate surface area is 219 Å². The van der Waals surface area contributed by atoms with E-state index in [-0.39, 0.29) is 47.8 Å². The molecule has 37 heavy (non-hydrogen) atoms. The van der Waals surface area contributed by atoms with Gasteiger partial charge in [0.1, 0.15) is 17.5 Å². The number of fused-ring (bicyclic) bond motifs is 3. The number of ether oxygens (including phenoxy) is 4. The molecule has 1 N–H and O–H groups in total. The summed E-state index contributed by atoms with van der Waals surface area (Å²) >= 11 is 0. The number of esters is 1. The van der Waals surface area contributed by atoms with Gasteiger partial charge in [0, 0.05) is 42.8 Å². The second kappa shape index (κ2) is 10.1. The van der Waals surface area contributed by atoms with Crippen molar-refractivity contribution in [1.29, 1.82) is 0 Å². The number of hydrogen-bond acceptors (Lipinski definition) is 7. The van der Waals surface area contributed by atoms with Gasteiger partial charge in [-0.1, -0.05) is 19.1 Å². The first kappa shape index (κ1) is 26.3. The van der Waals surface area contributed by atoms with Crippen molar-refractivity contribution in [2.45, 2.75) is 70.7 Å². The fraction of sp³-hybridized carbons (Fsp3) is 0.724. The highest BCUT2D eigenvalue weighted by atomic mass is 16.6. The van der Waals surface area contributed by atoms with E-state index in [2.05, 4.69) is 0 Å². The first-order valence-electron chi connectivity index (χ1n) is 13.7. The van der Waals surface area contributed by atoms with Crippen molar-refractivity contribution < 1.29 is 33.6 Å². The molecule has 3 heterocycles. The molecule has 1 amide bonds. The summed E-state index contributed by atoms with van der Waals surface area (Å²) in [5.41, 5.74) is 1.32. The summed E-state index contributed by atoms with van der Waals surface area (Å²) in [7, 11) is 1.44. The summed E-state index contributed by atoms with van der Waals surface area (Å²) in [6.07, 6.45) is 1.65. The average molecular weight is 516 g/mol. The third kappa shape index (κ3) is 5.46. The third-order valence-electron chi connectivity index (χ3n) is 8.50. The number of amides is 1. The van der Waals surface area contributed by atoms with Crippen LogP contribution in [0.3, 0.4) is 0 Å². The van der Waals surface area contributed by atoms with Gasteiger partial charge in [-0.25, -0.2) is 4.79 Å². The normalized spacial score (nSPS) is 31.0. The van der Waals surface area contributed by atoms with Gasteiger partial charge in [0.05, 0.1) is 32.3 Å². The Bertz CT molecular complexity index is 1000. The van der Waals surface area contributed by atoms with Crippen molar-refractivity contribution in [3.8, 4) is 5.75 Å². The molecule has 0 radical (unpaired) electrons. The van der Waals surface area contributed by atoms with Gasteiger partial charge in [-0.15, -0.1) is 0 Å². The number of aliphatic hydroxyl groups excluding tert-OH is 1. The SMILES string of the molecule is COC(=O)[C@@H](C)[C@H](c1ccc2c(c1)OC(C1C3COCC1CN(C(=O)OC(C)(C)C)C3)CC2O)C1CC1. The number of likely N-dealkylation sites (tertiary alicyclic amines) is 1. The highest BCUT2D eigenvalue weighted by Crippen LogP contribution is 2.50. The first-order valence-corrected chi connectivity index (χ1v) is 13.7. The fourth-order valence-corrected chi connectivity index (χ4v) is 6.74. The number of benzene rings is 1. The van der Waals surface area contributed by atoms with Crippen molar-refractivity contribution in [2.75, 3.05) is 33.4 Å². The predicted octanol–water partition coefficient (Wildman–Crippen LogP) is 4.30. The zero-order valence-electron chi connectivity index (χ0n) is 22.6. The van der Waals surface area contributed by atoms with Gasteiger partial charge >= 0.3 is 12.1 Å². The lowest BCUT2D eigenvalue weighted by molar-refractivity contribution is -0.145. The average Bonchev–Trinajstić information content (AvgIpc) is 3.66. The molecule has 1 aromatic rings. The van der Waals surface area contributed by atoms with Crippen LogP contribution in [0.5, 0.6) is 5.75 Å². The fourth-order valence-electron chi connectivity index (χ4n) is 6.74. The van der Waals surface area contributed by atoms with Crippen LogP contribution in [0.25, 0.3) is 0 Å². The molecule has 1 aromatic carbocycles. The molecule has 6 atom stereocenters. The van der Waals surface area contributed by atoms with Crippen LogP contribution < -0.4 is 4.74 Å². The molecule has 0 aromatic heterocycles. The van der Waals surface area contributed by atoms with Gasteiger partial charge in [0.25, 0.3) is 0 Å². The Balaban J connectivity index is 1.35. The number of hydrogen-bond donors (Lipinski definition) is 1. The van der Waals surface area contributed by atoms with Crippen LogP contribution in [0.1, 0.15) is 70.1 Å². The topological polar surface area (TPSA) is 94.5 Å². The molecule has 2 saturated heterocycles. The predicted molar refractivity (Wildman–Crippen MR) is 136 cm³/mol. The minimum atomic E-state index is -0.620. The number of carbonyl (C=O) groups is 2. The van der Waals surface area contributed by atoms with Crippen molar-refractivity contribution in [3.63, 3.8) is 0 Å². The lowest BCUT2D eigenvalue weighted by Crippen LogP contribution is -2.59. The van der Waals surface area contributed by atoms with Crippen LogP contribution >= 0.6 is 0 Å². The first-order chi connectivity index (χ1) is 17.6. The van der Waals surface area contributed by atoms with Gasteiger partial charge in [0.15, 0.2) is 0 Å². The molecular formula is C29H41NO7. The van der Waals surface area contributed by atoms with E-state index in [4.69, 9.17) is 18.9 Å². The molecule has 1 saturated carbocycles. The minimum Gasteiger partial charge on any atom is -0.490 e. The van der Waals surface area contributed by atoms with Crippen molar-refractivity contribution >= 4 is 12.1 Å². The maximum Gasteiger partial charge on any atom is 0.410 e. The highest BCUT2D eigenvalue weighted by Gasteiger charge is 2.49. The second-order valence-electron chi connectivity index (χ2n) is 12.4. The zero-order valence-corrected chi connectivity index (χ0v) is 22.6. The molecule has 4 aliphatic rings. The van der Waals surface area contributed by atoms with Crippen LogP contribution in [0.2, 0.25) is 0 Å². The molecule has 0 spiro atoms. The summed E-state index contributed by atoms with van der Waals surface area (Å²) < 4.78 is 23.2. The van der Waals surface area contributed by atoms with E-state index in [1.54, 1.807) is 4.90 Å². The largest absolute Gasteiger partial charge is 0.490 e. The third-order valence-corrected chi connectivity index (χ3v) is 8.50. The summed E-state index contributed by atoms with van der Waals surface area (Å²) in [4.78, 5) is 27.0. The summed E-state index contributed by atoms with van der Waals surface area (Å²) in [6.45, 7) is 9.80. The van der Waals surface area contributed by atoms with E-state index in [1.165, 1.54) is 7.11 Å². The summed E-state index contributed by atoms with van der Waals surface area (Å²) in [5.74, 6) is 1.20. The number of carbonyl (C=O) groups excluding carboxylic acids is 2. The van der Waals surface area contributed by atoms with E-state index in [9.17, 15) is 14.7 Å². The van der Waals surface area contributed by atoms with Crippen molar-refractivity contribution in [3.05, 3.63) is 29.3 Å². The molecular weight excluding hydrogens is 474 g/mol. The van der Waals surface area contributed by atoms with Gasteiger partial charge in [-0.2, -0.15) is 0 Å². The monoisotopic (exact) mass is 515 g/mol. The van der Waals surface area contributed by atoms with E-state index >= 15 is 0 Å². The molecule has 1 aliphatic carbocycles. The minimum absolute atomic E-state index is 0.0729. The molecule has 3 aliphatic heterocycles. The molecule has 8 heteroatoms. The van der Waals surface area contributed by atoms with Crippen molar-refractivity contribution in [2.24, 2.45) is 29.6 Å². The van der Waals surface area contributed by atoms with Crippen LogP contribution in [0, 0.1) is 29.6 Å². The quantitative estimate of drug-likeness (QED) is 0.584. The molecule has 204 valence electrons. The van der Waals surface area contributed by atoms with E-state index in [1.807, 2.05) is 45.9 Å². The van der Waals surface area contributed by atoms with Crippen LogP contribution in [0.4, 0.5) is 4.79 Å².